The van der Waals surface area contributed by atoms with E-state index in [1.165, 1.54) is 0 Å². The first-order valence-corrected chi connectivity index (χ1v) is 20.9. The van der Waals surface area contributed by atoms with Crippen LogP contribution in [0.1, 0.15) is 13.8 Å². The van der Waals surface area contributed by atoms with Gasteiger partial charge in [0.15, 0.2) is 0 Å². The molecule has 0 amide bonds. The number of aromatic nitrogens is 6. The van der Waals surface area contributed by atoms with E-state index >= 15 is 0 Å². The zero-order valence-corrected chi connectivity index (χ0v) is 35.2. The van der Waals surface area contributed by atoms with E-state index in [2.05, 4.69) is 171 Å². The van der Waals surface area contributed by atoms with Crippen molar-refractivity contribution in [2.24, 2.45) is 0 Å². The van der Waals surface area contributed by atoms with Crippen LogP contribution in [0.15, 0.2) is 226 Å². The third-order valence-corrected chi connectivity index (χ3v) is 10.8. The fourth-order valence-electron chi connectivity index (χ4n) is 8.15. The Bertz CT molecular complexity index is 3430. The molecular weight excluding hydrogens is 769 g/mol. The van der Waals surface area contributed by atoms with Crippen LogP contribution in [0.5, 0.6) is 0 Å². The summed E-state index contributed by atoms with van der Waals surface area (Å²) in [6, 6.07) is 47.0. The summed E-state index contributed by atoms with van der Waals surface area (Å²) in [6.07, 6.45) is 23.1. The number of allylic oxidation sites excluding steroid dienone is 7. The van der Waals surface area contributed by atoms with Gasteiger partial charge in [0.25, 0.3) is 0 Å². The molecular formula is C57H44N6. The molecule has 0 aliphatic heterocycles. The van der Waals surface area contributed by atoms with Crippen LogP contribution in [0, 0.1) is 0 Å². The number of benzene rings is 4. The Balaban J connectivity index is 0.000000798. The van der Waals surface area contributed by atoms with Crippen molar-refractivity contribution in [3.05, 3.63) is 226 Å². The Labute approximate surface area is 367 Å². The largest absolute Gasteiger partial charge is 0.307 e. The van der Waals surface area contributed by atoms with Crippen LogP contribution in [-0.4, -0.2) is 29.1 Å². The van der Waals surface area contributed by atoms with Gasteiger partial charge >= 0.3 is 0 Å². The van der Waals surface area contributed by atoms with Crippen LogP contribution < -0.4 is 0 Å². The fraction of sp³-hybridized carbons (Fsp3) is 0.0351. The second-order valence-corrected chi connectivity index (χ2v) is 15.0. The zero-order chi connectivity index (χ0) is 43.1. The lowest BCUT2D eigenvalue weighted by atomic mass is 9.99. The van der Waals surface area contributed by atoms with Gasteiger partial charge in [-0.05, 0) is 132 Å². The lowest BCUT2D eigenvalue weighted by Gasteiger charge is -2.09. The summed E-state index contributed by atoms with van der Waals surface area (Å²) >= 11 is 0. The van der Waals surface area contributed by atoms with Crippen molar-refractivity contribution in [1.82, 2.24) is 29.1 Å². The maximum Gasteiger partial charge on any atom is 0.0963 e. The summed E-state index contributed by atoms with van der Waals surface area (Å²) in [6.45, 7) is 10.5. The van der Waals surface area contributed by atoms with E-state index in [-0.39, 0.29) is 0 Å². The van der Waals surface area contributed by atoms with Crippen molar-refractivity contribution >= 4 is 55.3 Å². The molecule has 0 N–H and O–H groups in total. The van der Waals surface area contributed by atoms with Crippen LogP contribution in [0.25, 0.3) is 99.8 Å². The molecule has 0 fully saturated rings. The Hall–Kier alpha value is -8.44. The molecule has 0 spiro atoms. The molecule has 302 valence electrons. The van der Waals surface area contributed by atoms with Gasteiger partial charge in [-0.1, -0.05) is 84.6 Å². The summed E-state index contributed by atoms with van der Waals surface area (Å²) in [4.78, 5) is 18.4. The lowest BCUT2D eigenvalue weighted by molar-refractivity contribution is 1.23. The molecule has 1 aliphatic rings. The summed E-state index contributed by atoms with van der Waals surface area (Å²) in [7, 11) is 0. The summed E-state index contributed by atoms with van der Waals surface area (Å²) in [5.41, 5.74) is 20.7. The van der Waals surface area contributed by atoms with E-state index < -0.39 is 0 Å². The molecule has 0 radical (unpaired) electrons. The van der Waals surface area contributed by atoms with Crippen molar-refractivity contribution < 1.29 is 0 Å². The van der Waals surface area contributed by atoms with Gasteiger partial charge in [-0.15, -0.1) is 13.2 Å². The molecule has 0 saturated carbocycles. The lowest BCUT2D eigenvalue weighted by Crippen LogP contribution is -1.94. The Morgan fingerprint density at radius 1 is 0.476 bits per heavy atom. The Morgan fingerprint density at radius 2 is 0.921 bits per heavy atom. The molecule has 0 bridgehead atoms. The quantitative estimate of drug-likeness (QED) is 0.124. The number of hydrogen-bond acceptors (Lipinski definition) is 4. The molecule has 1 aliphatic carbocycles. The highest BCUT2D eigenvalue weighted by atomic mass is 15.0. The van der Waals surface area contributed by atoms with E-state index in [1.54, 1.807) is 24.5 Å². The average molecular weight is 813 g/mol. The smallest absolute Gasteiger partial charge is 0.0963 e. The molecule has 6 aromatic heterocycles. The Morgan fingerprint density at radius 3 is 1.43 bits per heavy atom. The number of pyridine rings is 4. The third-order valence-electron chi connectivity index (χ3n) is 10.8. The van der Waals surface area contributed by atoms with E-state index in [0.29, 0.717) is 0 Å². The second-order valence-electron chi connectivity index (χ2n) is 15.0. The van der Waals surface area contributed by atoms with E-state index in [1.807, 2.05) is 62.9 Å². The predicted octanol–water partition coefficient (Wildman–Crippen LogP) is 14.6. The first-order chi connectivity index (χ1) is 31.1. The summed E-state index contributed by atoms with van der Waals surface area (Å²) in [5.74, 6) is 0. The van der Waals surface area contributed by atoms with Crippen molar-refractivity contribution in [1.29, 1.82) is 0 Å². The minimum Gasteiger partial charge on any atom is -0.307 e. The fourth-order valence-corrected chi connectivity index (χ4v) is 8.15. The van der Waals surface area contributed by atoms with Crippen LogP contribution in [0.3, 0.4) is 0 Å². The first-order valence-electron chi connectivity index (χ1n) is 20.9. The van der Waals surface area contributed by atoms with E-state index in [9.17, 15) is 0 Å². The van der Waals surface area contributed by atoms with Gasteiger partial charge in [0.1, 0.15) is 0 Å². The molecule has 11 rings (SSSR count). The monoisotopic (exact) mass is 812 g/mol. The molecule has 0 unspecified atom stereocenters. The van der Waals surface area contributed by atoms with E-state index in [4.69, 9.17) is 9.97 Å². The topological polar surface area (TPSA) is 61.4 Å². The summed E-state index contributed by atoms with van der Waals surface area (Å²) in [5, 5.41) is 2.18. The van der Waals surface area contributed by atoms with Gasteiger partial charge in [-0.2, -0.15) is 0 Å². The molecule has 63 heavy (non-hydrogen) atoms. The number of nitrogens with zero attached hydrogens (tertiary/aromatic N) is 6. The number of rotatable bonds is 6. The predicted molar refractivity (Wildman–Crippen MR) is 265 cm³/mol. The van der Waals surface area contributed by atoms with E-state index in [0.717, 1.165) is 99.8 Å². The van der Waals surface area contributed by atoms with Crippen LogP contribution >= 0.6 is 0 Å². The standard InChI is InChI=1S/C51H32N6.2C3H6/c1-8-34(28-36(10-1)40-12-4-24-52-32-40)38-18-22-46-44(30-38)50-48(16-6-26-54-50)56(46)42-14-3-15-43(21-20-42)57-47-23-19-39(31-45(47)51-49(57)17-7-27-55-51)35-9-2-11-37(29-35)41-13-5-25-53-33-41;2*1-3-2/h1-20,22-33H;2*3H,1H2,2H3. The molecule has 10 aromatic rings. The highest BCUT2D eigenvalue weighted by Crippen LogP contribution is 2.38. The van der Waals surface area contributed by atoms with Gasteiger partial charge in [-0.3, -0.25) is 19.9 Å². The maximum atomic E-state index is 4.89. The minimum absolute atomic E-state index is 0.926. The van der Waals surface area contributed by atoms with Crippen molar-refractivity contribution in [2.75, 3.05) is 0 Å². The van der Waals surface area contributed by atoms with Crippen LogP contribution in [0.2, 0.25) is 0 Å². The SMILES string of the molecule is C1=CC(n2c3ccc(-c4cccc(-c5cccnc5)c4)cc3c3ncccc32)=CC=CC=1n1c2ccc(-c3cccc(-c4cccnc4)c3)cc2c2ncccc21.C=CC.C=CC. The van der Waals surface area contributed by atoms with Gasteiger partial charge < -0.3 is 9.13 Å². The van der Waals surface area contributed by atoms with Gasteiger partial charge in [0.2, 0.25) is 0 Å². The minimum atomic E-state index is 0.926. The highest BCUT2D eigenvalue weighted by molar-refractivity contribution is 6.11. The molecule has 0 saturated heterocycles. The van der Waals surface area contributed by atoms with Gasteiger partial charge in [0.05, 0.1) is 44.5 Å². The third kappa shape index (κ3) is 7.86. The first kappa shape index (κ1) is 40.0. The summed E-state index contributed by atoms with van der Waals surface area (Å²) < 4.78 is 4.55. The average Bonchev–Trinajstić information content (AvgIpc) is 3.73. The molecule has 6 heterocycles. The van der Waals surface area contributed by atoms with Crippen LogP contribution in [0.4, 0.5) is 0 Å². The molecule has 0 atom stereocenters. The molecule has 6 heteroatoms. The van der Waals surface area contributed by atoms with Crippen LogP contribution in [-0.2, 0) is 0 Å². The molecule has 6 nitrogen and oxygen atoms in total. The van der Waals surface area contributed by atoms with Crippen molar-refractivity contribution in [3.63, 3.8) is 0 Å². The van der Waals surface area contributed by atoms with Crippen molar-refractivity contribution in [3.8, 4) is 44.5 Å². The Kier molecular flexibility index (Phi) is 11.5. The number of fused-ring (bicyclic) bond motifs is 6. The van der Waals surface area contributed by atoms with Gasteiger partial charge in [-0.25, -0.2) is 0 Å². The van der Waals surface area contributed by atoms with Gasteiger partial charge in [0, 0.05) is 65.2 Å². The molecule has 4 aromatic carbocycles. The normalized spacial score (nSPS) is 11.9. The van der Waals surface area contributed by atoms with Crippen molar-refractivity contribution in [2.45, 2.75) is 13.8 Å². The zero-order valence-electron chi connectivity index (χ0n) is 35.2. The maximum absolute atomic E-state index is 4.89. The second kappa shape index (κ2) is 18.0. The number of hydrogen-bond donors (Lipinski definition) is 0. The highest BCUT2D eigenvalue weighted by Gasteiger charge is 2.18.